The van der Waals surface area contributed by atoms with Crippen LogP contribution >= 0.6 is 0 Å². The zero-order chi connectivity index (χ0) is 10.3. The topological polar surface area (TPSA) is 3.24 Å². The van der Waals surface area contributed by atoms with Gasteiger partial charge in [0.2, 0.25) is 0 Å². The molecule has 2 heteroatoms. The van der Waals surface area contributed by atoms with Gasteiger partial charge in [0.25, 0.3) is 0 Å². The minimum Gasteiger partial charge on any atom is -0.324 e. The molecule has 0 aliphatic rings. The molecule has 0 rings (SSSR count). The third kappa shape index (κ3) is 4.82. The van der Waals surface area contributed by atoms with Gasteiger partial charge in [0.1, 0.15) is 8.24 Å². The Balaban J connectivity index is 3.88. The molecule has 0 amide bonds. The van der Waals surface area contributed by atoms with Crippen LogP contribution in [0.1, 0.15) is 40.0 Å². The summed E-state index contributed by atoms with van der Waals surface area (Å²) in [6, 6.07) is 1.47. The number of rotatable bonds is 7. The lowest BCUT2D eigenvalue weighted by Crippen LogP contribution is -2.48. The van der Waals surface area contributed by atoms with Crippen LogP contribution in [-0.4, -0.2) is 25.9 Å². The van der Waals surface area contributed by atoms with E-state index < -0.39 is 8.24 Å². The molecule has 0 fully saturated rings. The SMILES string of the molecule is CCCCC[Si](C)(C)N(CC)CC. The molecule has 0 saturated carbocycles. The van der Waals surface area contributed by atoms with E-state index >= 15 is 0 Å². The molecule has 0 aromatic heterocycles. The first-order chi connectivity index (χ1) is 6.08. The van der Waals surface area contributed by atoms with Gasteiger partial charge in [-0.2, -0.15) is 0 Å². The Hall–Kier alpha value is 0.177. The fourth-order valence-electron chi connectivity index (χ4n) is 2.05. The summed E-state index contributed by atoms with van der Waals surface area (Å²) in [6.07, 6.45) is 4.20. The van der Waals surface area contributed by atoms with Crippen molar-refractivity contribution in [3.05, 3.63) is 0 Å². The molecule has 13 heavy (non-hydrogen) atoms. The molecule has 0 heterocycles. The first-order valence-corrected chi connectivity index (χ1v) is 8.99. The Kier molecular flexibility index (Phi) is 6.69. The van der Waals surface area contributed by atoms with Gasteiger partial charge in [0.15, 0.2) is 0 Å². The fraction of sp³-hybridized carbons (Fsp3) is 1.00. The molecule has 0 aliphatic heterocycles. The first kappa shape index (κ1) is 13.2. The molecule has 0 spiro atoms. The van der Waals surface area contributed by atoms with Gasteiger partial charge in [-0.25, -0.2) is 0 Å². The molecule has 0 aromatic carbocycles. The van der Waals surface area contributed by atoms with Crippen molar-refractivity contribution in [1.82, 2.24) is 4.57 Å². The lowest BCUT2D eigenvalue weighted by Gasteiger charge is -2.35. The van der Waals surface area contributed by atoms with Gasteiger partial charge in [0, 0.05) is 0 Å². The zero-order valence-corrected chi connectivity index (χ0v) is 11.2. The van der Waals surface area contributed by atoms with Gasteiger partial charge in [-0.05, 0) is 19.1 Å². The second kappa shape index (κ2) is 6.60. The Morgan fingerprint density at radius 2 is 1.46 bits per heavy atom. The van der Waals surface area contributed by atoms with Crippen LogP contribution in [0.5, 0.6) is 0 Å². The Labute approximate surface area is 85.6 Å². The highest BCUT2D eigenvalue weighted by atomic mass is 28.3. The second-order valence-electron chi connectivity index (χ2n) is 4.44. The first-order valence-electron chi connectivity index (χ1n) is 5.83. The van der Waals surface area contributed by atoms with Crippen LogP contribution in [0.3, 0.4) is 0 Å². The van der Waals surface area contributed by atoms with Crippen molar-refractivity contribution in [2.24, 2.45) is 0 Å². The van der Waals surface area contributed by atoms with E-state index in [0.29, 0.717) is 0 Å². The standard InChI is InChI=1S/C11H27NSi/c1-6-9-10-11-13(4,5)12(7-2)8-3/h6-11H2,1-5H3. The molecule has 0 aliphatic carbocycles. The van der Waals surface area contributed by atoms with Crippen molar-refractivity contribution in [3.8, 4) is 0 Å². The van der Waals surface area contributed by atoms with Crippen molar-refractivity contribution in [1.29, 1.82) is 0 Å². The lowest BCUT2D eigenvalue weighted by atomic mass is 10.3. The van der Waals surface area contributed by atoms with Crippen LogP contribution in [0.4, 0.5) is 0 Å². The average molecular weight is 201 g/mol. The van der Waals surface area contributed by atoms with Gasteiger partial charge < -0.3 is 4.57 Å². The van der Waals surface area contributed by atoms with Crippen LogP contribution in [0.2, 0.25) is 19.1 Å². The molecular formula is C11H27NSi. The fourth-order valence-corrected chi connectivity index (χ4v) is 5.19. The summed E-state index contributed by atoms with van der Waals surface area (Å²) >= 11 is 0. The molecule has 80 valence electrons. The molecule has 0 bridgehead atoms. The quantitative estimate of drug-likeness (QED) is 0.448. The Morgan fingerprint density at radius 3 is 1.85 bits per heavy atom. The summed E-state index contributed by atoms with van der Waals surface area (Å²) in [5.41, 5.74) is 0. The summed E-state index contributed by atoms with van der Waals surface area (Å²) in [5.74, 6) is 0. The molecule has 0 N–H and O–H groups in total. The lowest BCUT2D eigenvalue weighted by molar-refractivity contribution is 0.462. The maximum absolute atomic E-state index is 2.70. The minimum atomic E-state index is -1.04. The van der Waals surface area contributed by atoms with Gasteiger partial charge >= 0.3 is 0 Å². The van der Waals surface area contributed by atoms with Crippen molar-refractivity contribution in [2.75, 3.05) is 13.1 Å². The predicted molar refractivity (Wildman–Crippen MR) is 64.7 cm³/mol. The van der Waals surface area contributed by atoms with E-state index in [1.165, 1.54) is 38.4 Å². The molecular weight excluding hydrogens is 174 g/mol. The maximum atomic E-state index is 2.70. The number of hydrogen-bond acceptors (Lipinski definition) is 1. The molecule has 1 nitrogen and oxygen atoms in total. The largest absolute Gasteiger partial charge is 0.324 e. The van der Waals surface area contributed by atoms with E-state index in [1.807, 2.05) is 0 Å². The normalized spacial score (nSPS) is 12.5. The van der Waals surface area contributed by atoms with Crippen LogP contribution in [0, 0.1) is 0 Å². The van der Waals surface area contributed by atoms with Crippen LogP contribution in [-0.2, 0) is 0 Å². The average Bonchev–Trinajstić information content (AvgIpc) is 2.06. The monoisotopic (exact) mass is 201 g/mol. The van der Waals surface area contributed by atoms with Gasteiger partial charge in [0.05, 0.1) is 0 Å². The Bertz CT molecular complexity index is 119. The highest BCUT2D eigenvalue weighted by Crippen LogP contribution is 2.18. The number of hydrogen-bond donors (Lipinski definition) is 0. The summed E-state index contributed by atoms with van der Waals surface area (Å²) < 4.78 is 2.70. The summed E-state index contributed by atoms with van der Waals surface area (Å²) in [4.78, 5) is 0. The number of nitrogens with zero attached hydrogens (tertiary/aromatic N) is 1. The van der Waals surface area contributed by atoms with Crippen molar-refractivity contribution in [2.45, 2.75) is 59.2 Å². The summed E-state index contributed by atoms with van der Waals surface area (Å²) in [6.45, 7) is 14.4. The second-order valence-corrected chi connectivity index (χ2v) is 9.20. The molecule has 0 aromatic rings. The molecule has 0 unspecified atom stereocenters. The smallest absolute Gasteiger partial charge is 0.122 e. The predicted octanol–water partition coefficient (Wildman–Crippen LogP) is 3.72. The van der Waals surface area contributed by atoms with Crippen molar-refractivity contribution < 1.29 is 0 Å². The van der Waals surface area contributed by atoms with Gasteiger partial charge in [-0.15, -0.1) is 0 Å². The maximum Gasteiger partial charge on any atom is 0.122 e. The van der Waals surface area contributed by atoms with E-state index in [9.17, 15) is 0 Å². The minimum absolute atomic E-state index is 1.04. The third-order valence-electron chi connectivity index (χ3n) is 3.01. The Morgan fingerprint density at radius 1 is 0.923 bits per heavy atom. The third-order valence-corrected chi connectivity index (χ3v) is 6.93. The van der Waals surface area contributed by atoms with Crippen LogP contribution in [0.15, 0.2) is 0 Å². The number of unbranched alkanes of at least 4 members (excludes halogenated alkanes) is 2. The van der Waals surface area contributed by atoms with Gasteiger partial charge in [-0.1, -0.05) is 53.1 Å². The van der Waals surface area contributed by atoms with Crippen molar-refractivity contribution in [3.63, 3.8) is 0 Å². The van der Waals surface area contributed by atoms with E-state index in [0.717, 1.165) is 0 Å². The summed E-state index contributed by atoms with van der Waals surface area (Å²) in [5, 5.41) is 0. The summed E-state index contributed by atoms with van der Waals surface area (Å²) in [7, 11) is -1.04. The van der Waals surface area contributed by atoms with E-state index in [2.05, 4.69) is 38.4 Å². The van der Waals surface area contributed by atoms with Gasteiger partial charge in [-0.3, -0.25) is 0 Å². The molecule has 0 saturated heterocycles. The van der Waals surface area contributed by atoms with E-state index in [-0.39, 0.29) is 0 Å². The molecule has 0 radical (unpaired) electrons. The van der Waals surface area contributed by atoms with Crippen LogP contribution in [0.25, 0.3) is 0 Å². The van der Waals surface area contributed by atoms with E-state index in [4.69, 9.17) is 0 Å². The van der Waals surface area contributed by atoms with Crippen LogP contribution < -0.4 is 0 Å². The highest BCUT2D eigenvalue weighted by molar-refractivity contribution is 6.74. The zero-order valence-electron chi connectivity index (χ0n) is 10.2. The highest BCUT2D eigenvalue weighted by Gasteiger charge is 2.25. The van der Waals surface area contributed by atoms with E-state index in [1.54, 1.807) is 0 Å². The van der Waals surface area contributed by atoms with Crippen molar-refractivity contribution >= 4 is 8.24 Å². The molecule has 0 atom stereocenters.